The minimum absolute atomic E-state index is 0.125. The van der Waals surface area contributed by atoms with Crippen molar-refractivity contribution in [2.75, 3.05) is 7.11 Å². The SMILES string of the molecule is COc1cc(/C=N/NC(=O)c2ccc(COc3ccc(-n4c(C)ccc4C)cc3)o2)cc(I)c1OCc1ccccc1Cl. The van der Waals surface area contributed by atoms with Crippen LogP contribution in [0.2, 0.25) is 5.02 Å². The van der Waals surface area contributed by atoms with Crippen LogP contribution in [-0.4, -0.2) is 23.8 Å². The minimum Gasteiger partial charge on any atom is -0.493 e. The highest BCUT2D eigenvalue weighted by molar-refractivity contribution is 14.1. The summed E-state index contributed by atoms with van der Waals surface area (Å²) in [6.07, 6.45) is 1.52. The third-order valence-electron chi connectivity index (χ3n) is 6.59. The van der Waals surface area contributed by atoms with Crippen LogP contribution in [0.15, 0.2) is 94.4 Å². The molecule has 43 heavy (non-hydrogen) atoms. The zero-order chi connectivity index (χ0) is 30.3. The molecular formula is C33H29ClIN3O5. The lowest BCUT2D eigenvalue weighted by Crippen LogP contribution is -2.16. The maximum Gasteiger partial charge on any atom is 0.307 e. The molecule has 5 aromatic rings. The van der Waals surface area contributed by atoms with Gasteiger partial charge in [-0.15, -0.1) is 0 Å². The van der Waals surface area contributed by atoms with Crippen LogP contribution in [0.5, 0.6) is 17.2 Å². The number of hydrazone groups is 1. The fourth-order valence-corrected chi connectivity index (χ4v) is 5.41. The summed E-state index contributed by atoms with van der Waals surface area (Å²) in [5.74, 6) is 1.99. The van der Waals surface area contributed by atoms with Crippen LogP contribution in [0.4, 0.5) is 0 Å². The molecular weight excluding hydrogens is 681 g/mol. The van der Waals surface area contributed by atoms with Gasteiger partial charge in [-0.1, -0.05) is 29.8 Å². The van der Waals surface area contributed by atoms with Crippen molar-refractivity contribution in [3.63, 3.8) is 0 Å². The van der Waals surface area contributed by atoms with Crippen LogP contribution < -0.4 is 19.6 Å². The molecule has 2 aromatic heterocycles. The number of carbonyl (C=O) groups is 1. The monoisotopic (exact) mass is 709 g/mol. The molecule has 0 aliphatic rings. The third kappa shape index (κ3) is 7.41. The van der Waals surface area contributed by atoms with Gasteiger partial charge in [0, 0.05) is 27.7 Å². The molecule has 0 unspecified atom stereocenters. The number of methoxy groups -OCH3 is 1. The highest BCUT2D eigenvalue weighted by Gasteiger charge is 2.14. The Hall–Kier alpha value is -4.22. The quantitative estimate of drug-likeness (QED) is 0.0857. The van der Waals surface area contributed by atoms with E-state index >= 15 is 0 Å². The molecule has 0 aliphatic carbocycles. The fourth-order valence-electron chi connectivity index (χ4n) is 4.44. The van der Waals surface area contributed by atoms with Gasteiger partial charge in [-0.25, -0.2) is 5.43 Å². The summed E-state index contributed by atoms with van der Waals surface area (Å²) < 4.78 is 26.0. The van der Waals surface area contributed by atoms with E-state index in [1.807, 2.05) is 54.6 Å². The fraction of sp³-hybridized carbons (Fsp3) is 0.152. The Balaban J connectivity index is 1.15. The van der Waals surface area contributed by atoms with E-state index in [-0.39, 0.29) is 12.4 Å². The lowest BCUT2D eigenvalue weighted by atomic mass is 10.2. The predicted octanol–water partition coefficient (Wildman–Crippen LogP) is 7.88. The topological polar surface area (TPSA) is 87.2 Å². The molecule has 0 saturated carbocycles. The molecule has 0 bridgehead atoms. The van der Waals surface area contributed by atoms with E-state index in [0.29, 0.717) is 40.2 Å². The first kappa shape index (κ1) is 30.2. The van der Waals surface area contributed by atoms with Gasteiger partial charge in [0.25, 0.3) is 0 Å². The number of hydrogen-bond acceptors (Lipinski definition) is 6. The third-order valence-corrected chi connectivity index (χ3v) is 7.76. The molecule has 5 rings (SSSR count). The van der Waals surface area contributed by atoms with Crippen molar-refractivity contribution < 1.29 is 23.4 Å². The van der Waals surface area contributed by atoms with Gasteiger partial charge in [0.05, 0.1) is 16.9 Å². The van der Waals surface area contributed by atoms with Gasteiger partial charge in [0.15, 0.2) is 17.3 Å². The number of ether oxygens (including phenoxy) is 3. The Kier molecular flexibility index (Phi) is 9.73. The van der Waals surface area contributed by atoms with Crippen LogP contribution >= 0.6 is 34.2 Å². The zero-order valence-electron chi connectivity index (χ0n) is 23.8. The average Bonchev–Trinajstić information content (AvgIpc) is 3.62. The number of nitrogens with zero attached hydrogens (tertiary/aromatic N) is 2. The molecule has 0 saturated heterocycles. The zero-order valence-corrected chi connectivity index (χ0v) is 26.7. The smallest absolute Gasteiger partial charge is 0.307 e. The number of aryl methyl sites for hydroxylation is 2. The summed E-state index contributed by atoms with van der Waals surface area (Å²) in [6.45, 7) is 4.62. The number of nitrogens with one attached hydrogen (secondary N) is 1. The van der Waals surface area contributed by atoms with Crippen molar-refractivity contribution in [3.8, 4) is 22.9 Å². The van der Waals surface area contributed by atoms with E-state index in [0.717, 1.165) is 14.8 Å². The molecule has 220 valence electrons. The van der Waals surface area contributed by atoms with Crippen LogP contribution in [0.25, 0.3) is 5.69 Å². The van der Waals surface area contributed by atoms with E-state index in [1.165, 1.54) is 17.6 Å². The number of halogens is 2. The van der Waals surface area contributed by atoms with E-state index in [2.05, 4.69) is 63.7 Å². The second kappa shape index (κ2) is 13.8. The van der Waals surface area contributed by atoms with E-state index in [1.54, 1.807) is 25.3 Å². The molecule has 10 heteroatoms. The van der Waals surface area contributed by atoms with Crippen molar-refractivity contribution >= 4 is 46.3 Å². The van der Waals surface area contributed by atoms with Gasteiger partial charge in [0.1, 0.15) is 24.7 Å². The molecule has 0 fully saturated rings. The number of hydrogen-bond donors (Lipinski definition) is 1. The molecule has 3 aromatic carbocycles. The second-order valence-electron chi connectivity index (χ2n) is 9.61. The molecule has 0 spiro atoms. The van der Waals surface area contributed by atoms with Gasteiger partial charge >= 0.3 is 5.91 Å². The standard InChI is InChI=1S/C33H29ClIN3O5/c1-21-8-9-22(2)38(21)25-10-12-26(13-11-25)41-20-27-14-15-30(43-27)33(39)37-36-18-23-16-29(35)32(31(17-23)40-3)42-19-24-6-4-5-7-28(24)34/h4-18H,19-20H2,1-3H3,(H,37,39)/b36-18+. The molecule has 2 heterocycles. The Morgan fingerprint density at radius 2 is 1.72 bits per heavy atom. The largest absolute Gasteiger partial charge is 0.493 e. The number of furan rings is 1. The van der Waals surface area contributed by atoms with Gasteiger partial charge in [-0.05, 0) is 109 Å². The van der Waals surface area contributed by atoms with Gasteiger partial charge < -0.3 is 23.2 Å². The summed E-state index contributed by atoms with van der Waals surface area (Å²) in [5.41, 5.74) is 7.48. The van der Waals surface area contributed by atoms with Crippen LogP contribution in [0, 0.1) is 17.4 Å². The van der Waals surface area contributed by atoms with E-state index in [9.17, 15) is 4.79 Å². The molecule has 8 nitrogen and oxygen atoms in total. The maximum absolute atomic E-state index is 12.6. The van der Waals surface area contributed by atoms with Gasteiger partial charge in [0.2, 0.25) is 0 Å². The van der Waals surface area contributed by atoms with Crippen molar-refractivity contribution in [2.45, 2.75) is 27.1 Å². The molecule has 0 aliphatic heterocycles. The lowest BCUT2D eigenvalue weighted by molar-refractivity contribution is 0.0923. The van der Waals surface area contributed by atoms with Crippen LogP contribution in [0.1, 0.15) is 38.8 Å². The molecule has 1 amide bonds. The Bertz CT molecular complexity index is 1740. The maximum atomic E-state index is 12.6. The Morgan fingerprint density at radius 3 is 2.44 bits per heavy atom. The lowest BCUT2D eigenvalue weighted by Gasteiger charge is -2.14. The van der Waals surface area contributed by atoms with Gasteiger partial charge in [-0.3, -0.25) is 4.79 Å². The average molecular weight is 710 g/mol. The second-order valence-corrected chi connectivity index (χ2v) is 11.2. The number of aromatic nitrogens is 1. The highest BCUT2D eigenvalue weighted by Crippen LogP contribution is 2.34. The summed E-state index contributed by atoms with van der Waals surface area (Å²) in [6, 6.07) is 26.4. The Labute approximate surface area is 268 Å². The van der Waals surface area contributed by atoms with E-state index in [4.69, 9.17) is 30.2 Å². The highest BCUT2D eigenvalue weighted by atomic mass is 127. The number of rotatable bonds is 11. The first-order valence-electron chi connectivity index (χ1n) is 13.4. The molecule has 1 N–H and O–H groups in total. The number of benzene rings is 3. The molecule has 0 radical (unpaired) electrons. The van der Waals surface area contributed by atoms with Crippen molar-refractivity contribution in [1.82, 2.24) is 9.99 Å². The predicted molar refractivity (Wildman–Crippen MR) is 175 cm³/mol. The normalized spacial score (nSPS) is 11.1. The summed E-state index contributed by atoms with van der Waals surface area (Å²) in [5, 5.41) is 4.71. The van der Waals surface area contributed by atoms with Crippen molar-refractivity contribution in [1.29, 1.82) is 0 Å². The number of amides is 1. The van der Waals surface area contributed by atoms with Crippen LogP contribution in [-0.2, 0) is 13.2 Å². The summed E-state index contributed by atoms with van der Waals surface area (Å²) in [7, 11) is 1.56. The summed E-state index contributed by atoms with van der Waals surface area (Å²) in [4.78, 5) is 12.6. The van der Waals surface area contributed by atoms with E-state index < -0.39 is 5.91 Å². The van der Waals surface area contributed by atoms with Crippen LogP contribution in [0.3, 0.4) is 0 Å². The first-order chi connectivity index (χ1) is 20.8. The first-order valence-corrected chi connectivity index (χ1v) is 14.8. The molecule has 0 atom stereocenters. The minimum atomic E-state index is -0.481. The van der Waals surface area contributed by atoms with Crippen molar-refractivity contribution in [3.05, 3.63) is 128 Å². The number of carbonyl (C=O) groups excluding carboxylic acids is 1. The Morgan fingerprint density at radius 1 is 0.977 bits per heavy atom. The van der Waals surface area contributed by atoms with Gasteiger partial charge in [-0.2, -0.15) is 5.10 Å². The van der Waals surface area contributed by atoms with Crippen molar-refractivity contribution in [2.24, 2.45) is 5.10 Å². The summed E-state index contributed by atoms with van der Waals surface area (Å²) >= 11 is 8.41.